The lowest BCUT2D eigenvalue weighted by Crippen LogP contribution is -2.52. The zero-order chi connectivity index (χ0) is 14.5. The van der Waals surface area contributed by atoms with Gasteiger partial charge in [0.25, 0.3) is 0 Å². The molecule has 1 saturated heterocycles. The summed E-state index contributed by atoms with van der Waals surface area (Å²) < 4.78 is 6.13. The van der Waals surface area contributed by atoms with Crippen LogP contribution in [0.15, 0.2) is 30.3 Å². The number of hydrogen-bond acceptors (Lipinski definition) is 3. The van der Waals surface area contributed by atoms with Crippen molar-refractivity contribution >= 4 is 0 Å². The van der Waals surface area contributed by atoms with E-state index >= 15 is 0 Å². The highest BCUT2D eigenvalue weighted by atomic mass is 16.5. The molecule has 0 spiro atoms. The number of rotatable bonds is 4. The summed E-state index contributed by atoms with van der Waals surface area (Å²) in [6, 6.07) is 11.5. The standard InChI is InChI=1S/C18H28N2O/c19-17-7-4-12-20-18(17)13-21-16-10-8-15(9-11-16)14-5-2-1-3-6-14/h1-3,5-6,15-18,20H,4,7-13,19H2. The van der Waals surface area contributed by atoms with E-state index in [0.717, 1.165) is 25.5 Å². The summed E-state index contributed by atoms with van der Waals surface area (Å²) in [6.07, 6.45) is 7.61. The molecule has 1 aromatic carbocycles. The molecule has 3 nitrogen and oxygen atoms in total. The van der Waals surface area contributed by atoms with Gasteiger partial charge >= 0.3 is 0 Å². The largest absolute Gasteiger partial charge is 0.377 e. The first-order chi connectivity index (χ1) is 10.3. The van der Waals surface area contributed by atoms with Crippen LogP contribution in [0.4, 0.5) is 0 Å². The average Bonchev–Trinajstić information content (AvgIpc) is 2.55. The summed E-state index contributed by atoms with van der Waals surface area (Å²) in [5, 5.41) is 3.49. The van der Waals surface area contributed by atoms with Crippen molar-refractivity contribution in [3.8, 4) is 0 Å². The molecule has 21 heavy (non-hydrogen) atoms. The number of ether oxygens (including phenoxy) is 1. The molecule has 1 saturated carbocycles. The van der Waals surface area contributed by atoms with E-state index in [1.54, 1.807) is 0 Å². The van der Waals surface area contributed by atoms with Crippen molar-refractivity contribution in [2.75, 3.05) is 13.2 Å². The third-order valence-corrected chi connectivity index (χ3v) is 5.09. The van der Waals surface area contributed by atoms with Crippen LogP contribution in [0.5, 0.6) is 0 Å². The zero-order valence-corrected chi connectivity index (χ0v) is 12.8. The summed E-state index contributed by atoms with van der Waals surface area (Å²) in [5.74, 6) is 0.723. The number of nitrogens with one attached hydrogen (secondary N) is 1. The monoisotopic (exact) mass is 288 g/mol. The number of piperidine rings is 1. The van der Waals surface area contributed by atoms with Gasteiger partial charge in [-0.1, -0.05) is 30.3 Å². The topological polar surface area (TPSA) is 47.3 Å². The predicted molar refractivity (Wildman–Crippen MR) is 86.4 cm³/mol. The van der Waals surface area contributed by atoms with E-state index in [1.807, 2.05) is 0 Å². The molecule has 2 aliphatic rings. The van der Waals surface area contributed by atoms with Gasteiger partial charge in [0.15, 0.2) is 0 Å². The van der Waals surface area contributed by atoms with Crippen LogP contribution in [-0.2, 0) is 4.74 Å². The Kier molecular flexibility index (Phi) is 5.28. The minimum atomic E-state index is 0.263. The quantitative estimate of drug-likeness (QED) is 0.895. The Bertz CT molecular complexity index is 414. The van der Waals surface area contributed by atoms with Crippen molar-refractivity contribution < 1.29 is 4.74 Å². The van der Waals surface area contributed by atoms with Gasteiger partial charge in [0.05, 0.1) is 12.7 Å². The van der Waals surface area contributed by atoms with E-state index in [0.29, 0.717) is 12.1 Å². The Morgan fingerprint density at radius 1 is 1.05 bits per heavy atom. The van der Waals surface area contributed by atoms with Crippen LogP contribution in [-0.4, -0.2) is 31.3 Å². The highest BCUT2D eigenvalue weighted by molar-refractivity contribution is 5.19. The van der Waals surface area contributed by atoms with E-state index in [2.05, 4.69) is 35.6 Å². The number of hydrogen-bond donors (Lipinski definition) is 2. The molecule has 2 unspecified atom stereocenters. The lowest BCUT2D eigenvalue weighted by molar-refractivity contribution is 0.00620. The van der Waals surface area contributed by atoms with Gasteiger partial charge in [0.1, 0.15) is 0 Å². The summed E-state index contributed by atoms with van der Waals surface area (Å²) in [7, 11) is 0. The molecule has 3 N–H and O–H groups in total. The second-order valence-electron chi connectivity index (χ2n) is 6.58. The fourth-order valence-electron chi connectivity index (χ4n) is 3.69. The van der Waals surface area contributed by atoms with Crippen LogP contribution in [0.2, 0.25) is 0 Å². The van der Waals surface area contributed by atoms with Gasteiger partial charge in [0, 0.05) is 12.1 Å². The van der Waals surface area contributed by atoms with E-state index < -0.39 is 0 Å². The first-order valence-corrected chi connectivity index (χ1v) is 8.48. The van der Waals surface area contributed by atoms with Crippen LogP contribution >= 0.6 is 0 Å². The molecule has 3 heteroatoms. The Balaban J connectivity index is 1.41. The van der Waals surface area contributed by atoms with Gasteiger partial charge in [-0.25, -0.2) is 0 Å². The zero-order valence-electron chi connectivity index (χ0n) is 12.8. The smallest absolute Gasteiger partial charge is 0.0638 e. The second-order valence-corrected chi connectivity index (χ2v) is 6.58. The minimum absolute atomic E-state index is 0.263. The van der Waals surface area contributed by atoms with Crippen molar-refractivity contribution in [3.63, 3.8) is 0 Å². The molecule has 2 fully saturated rings. The highest BCUT2D eigenvalue weighted by Gasteiger charge is 2.26. The maximum Gasteiger partial charge on any atom is 0.0638 e. The van der Waals surface area contributed by atoms with Gasteiger partial charge in [-0.15, -0.1) is 0 Å². The van der Waals surface area contributed by atoms with Crippen molar-refractivity contribution in [2.24, 2.45) is 5.73 Å². The van der Waals surface area contributed by atoms with Gasteiger partial charge < -0.3 is 15.8 Å². The maximum atomic E-state index is 6.15. The summed E-state index contributed by atoms with van der Waals surface area (Å²) in [5.41, 5.74) is 7.64. The molecule has 1 aromatic rings. The fourth-order valence-corrected chi connectivity index (χ4v) is 3.69. The molecule has 0 amide bonds. The Labute approximate surface area is 128 Å². The van der Waals surface area contributed by atoms with Gasteiger partial charge in [0.2, 0.25) is 0 Å². The molecule has 2 atom stereocenters. The number of nitrogens with two attached hydrogens (primary N) is 1. The summed E-state index contributed by atoms with van der Waals surface area (Å²) in [6.45, 7) is 1.87. The maximum absolute atomic E-state index is 6.15. The Hall–Kier alpha value is -0.900. The van der Waals surface area contributed by atoms with E-state index in [-0.39, 0.29) is 6.04 Å². The molecule has 1 heterocycles. The van der Waals surface area contributed by atoms with Crippen molar-refractivity contribution in [3.05, 3.63) is 35.9 Å². The molecule has 116 valence electrons. The first kappa shape index (κ1) is 15.0. The summed E-state index contributed by atoms with van der Waals surface area (Å²) >= 11 is 0. The van der Waals surface area contributed by atoms with E-state index in [4.69, 9.17) is 10.5 Å². The molecule has 0 radical (unpaired) electrons. The van der Waals surface area contributed by atoms with Crippen LogP contribution < -0.4 is 11.1 Å². The van der Waals surface area contributed by atoms with Crippen LogP contribution in [0.1, 0.15) is 50.0 Å². The number of benzene rings is 1. The van der Waals surface area contributed by atoms with Crippen LogP contribution in [0, 0.1) is 0 Å². The third-order valence-electron chi connectivity index (χ3n) is 5.09. The second kappa shape index (κ2) is 7.39. The van der Waals surface area contributed by atoms with Crippen LogP contribution in [0.25, 0.3) is 0 Å². The third kappa shape index (κ3) is 4.06. The van der Waals surface area contributed by atoms with Gasteiger partial charge in [-0.3, -0.25) is 0 Å². The lowest BCUT2D eigenvalue weighted by Gasteiger charge is -2.33. The fraction of sp³-hybridized carbons (Fsp3) is 0.667. The average molecular weight is 288 g/mol. The normalized spacial score (nSPS) is 33.8. The predicted octanol–water partition coefficient (Wildman–Crippen LogP) is 2.81. The lowest BCUT2D eigenvalue weighted by atomic mass is 9.83. The molecule has 1 aliphatic heterocycles. The molecule has 0 aromatic heterocycles. The van der Waals surface area contributed by atoms with Crippen molar-refractivity contribution in [1.29, 1.82) is 0 Å². The highest BCUT2D eigenvalue weighted by Crippen LogP contribution is 2.33. The SMILES string of the molecule is NC1CCCNC1COC1CCC(c2ccccc2)CC1. The van der Waals surface area contributed by atoms with E-state index in [1.165, 1.54) is 37.7 Å². The Morgan fingerprint density at radius 2 is 1.81 bits per heavy atom. The first-order valence-electron chi connectivity index (χ1n) is 8.48. The molecule has 3 rings (SSSR count). The minimum Gasteiger partial charge on any atom is -0.377 e. The van der Waals surface area contributed by atoms with Crippen molar-refractivity contribution in [2.45, 2.75) is 62.6 Å². The van der Waals surface area contributed by atoms with E-state index in [9.17, 15) is 0 Å². The molecule has 1 aliphatic carbocycles. The summed E-state index contributed by atoms with van der Waals surface area (Å²) in [4.78, 5) is 0. The molecular formula is C18H28N2O. The Morgan fingerprint density at radius 3 is 2.52 bits per heavy atom. The molecular weight excluding hydrogens is 260 g/mol. The van der Waals surface area contributed by atoms with Crippen LogP contribution in [0.3, 0.4) is 0 Å². The molecule has 0 bridgehead atoms. The van der Waals surface area contributed by atoms with Gasteiger partial charge in [-0.2, -0.15) is 0 Å². The van der Waals surface area contributed by atoms with Gasteiger partial charge in [-0.05, 0) is 56.6 Å². The van der Waals surface area contributed by atoms with Crippen molar-refractivity contribution in [1.82, 2.24) is 5.32 Å².